The normalized spacial score (nSPS) is 14.1. The monoisotopic (exact) mass is 533 g/mol. The molecule has 0 atom stereocenters. The Hall–Kier alpha value is -4.54. The van der Waals surface area contributed by atoms with Gasteiger partial charge in [-0.3, -0.25) is 4.99 Å². The summed E-state index contributed by atoms with van der Waals surface area (Å²) in [5.41, 5.74) is 10.8. The van der Waals surface area contributed by atoms with Crippen molar-refractivity contribution >= 4 is 72.1 Å². The molecule has 0 spiro atoms. The van der Waals surface area contributed by atoms with Gasteiger partial charge in [0.1, 0.15) is 6.34 Å². The summed E-state index contributed by atoms with van der Waals surface area (Å²) in [5, 5.41) is 5.20. The highest BCUT2D eigenvalue weighted by Crippen LogP contribution is 2.54. The van der Waals surface area contributed by atoms with Crippen molar-refractivity contribution < 1.29 is 0 Å². The lowest BCUT2D eigenvalue weighted by Crippen LogP contribution is -2.16. The first-order chi connectivity index (χ1) is 19.5. The van der Waals surface area contributed by atoms with Crippen LogP contribution in [-0.4, -0.2) is 17.6 Å². The maximum atomic E-state index is 4.58. The largest absolute Gasteiger partial charge is 0.309 e. The smallest absolute Gasteiger partial charge is 0.115 e. The molecule has 192 valence electrons. The van der Waals surface area contributed by atoms with Gasteiger partial charge in [0.25, 0.3) is 0 Å². The first-order valence-electron chi connectivity index (χ1n) is 13.6. The van der Waals surface area contributed by atoms with Crippen molar-refractivity contribution in [1.29, 1.82) is 0 Å². The number of hydrogen-bond acceptors (Lipinski definition) is 2. The van der Waals surface area contributed by atoms with Crippen LogP contribution in [0.1, 0.15) is 30.5 Å². The van der Waals surface area contributed by atoms with Gasteiger partial charge < -0.3 is 4.57 Å². The summed E-state index contributed by atoms with van der Waals surface area (Å²) in [6, 6.07) is 33.7. The van der Waals surface area contributed by atoms with Crippen LogP contribution in [0.5, 0.6) is 0 Å². The maximum absolute atomic E-state index is 4.58. The van der Waals surface area contributed by atoms with E-state index >= 15 is 0 Å². The quantitative estimate of drug-likeness (QED) is 0.160. The maximum Gasteiger partial charge on any atom is 0.115 e. The molecule has 0 saturated heterocycles. The Morgan fingerprint density at radius 1 is 0.775 bits per heavy atom. The number of aromatic nitrogens is 1. The zero-order chi connectivity index (χ0) is 27.2. The van der Waals surface area contributed by atoms with E-state index in [4.69, 9.17) is 0 Å². The molecule has 2 heterocycles. The number of aliphatic imine (C=N–C) groups is 2. The van der Waals surface area contributed by atoms with Crippen LogP contribution in [0.4, 0.5) is 5.69 Å². The second-order valence-corrected chi connectivity index (χ2v) is 12.3. The Morgan fingerprint density at radius 2 is 1.55 bits per heavy atom. The zero-order valence-electron chi connectivity index (χ0n) is 22.7. The molecule has 1 aliphatic carbocycles. The summed E-state index contributed by atoms with van der Waals surface area (Å²) < 4.78 is 5.15. The highest BCUT2D eigenvalue weighted by molar-refractivity contribution is 7.25. The molecule has 2 aromatic heterocycles. The van der Waals surface area contributed by atoms with E-state index in [1.165, 1.54) is 76.3 Å². The molecule has 5 aromatic carbocycles. The van der Waals surface area contributed by atoms with Crippen LogP contribution in [0.2, 0.25) is 0 Å². The molecule has 7 aromatic rings. The fourth-order valence-electron chi connectivity index (χ4n) is 6.85. The van der Waals surface area contributed by atoms with Crippen LogP contribution in [0.25, 0.3) is 58.8 Å². The number of rotatable bonds is 3. The van der Waals surface area contributed by atoms with Gasteiger partial charge in [0.05, 0.1) is 16.7 Å². The van der Waals surface area contributed by atoms with E-state index in [1.807, 2.05) is 11.3 Å². The van der Waals surface area contributed by atoms with Crippen molar-refractivity contribution in [1.82, 2.24) is 4.57 Å². The minimum Gasteiger partial charge on any atom is -0.309 e. The number of benzene rings is 5. The van der Waals surface area contributed by atoms with Crippen LogP contribution in [-0.2, 0) is 5.41 Å². The van der Waals surface area contributed by atoms with Crippen LogP contribution < -0.4 is 0 Å². The molecular weight excluding hydrogens is 506 g/mol. The molecule has 0 N–H and O–H groups in total. The predicted molar refractivity (Wildman–Crippen MR) is 174 cm³/mol. The molecule has 0 unspecified atom stereocenters. The molecule has 0 bridgehead atoms. The fourth-order valence-corrected chi connectivity index (χ4v) is 7.94. The van der Waals surface area contributed by atoms with Gasteiger partial charge in [-0.05, 0) is 83.9 Å². The number of fused-ring (bicyclic) bond motifs is 10. The lowest BCUT2D eigenvalue weighted by molar-refractivity contribution is 0.664. The molecule has 4 heteroatoms. The first-order valence-corrected chi connectivity index (χ1v) is 14.4. The van der Waals surface area contributed by atoms with E-state index in [-0.39, 0.29) is 5.41 Å². The van der Waals surface area contributed by atoms with Gasteiger partial charge in [-0.15, -0.1) is 11.3 Å². The Bertz CT molecular complexity index is 2220. The van der Waals surface area contributed by atoms with E-state index in [0.717, 1.165) is 11.3 Å². The van der Waals surface area contributed by atoms with E-state index < -0.39 is 0 Å². The van der Waals surface area contributed by atoms with E-state index in [1.54, 1.807) is 0 Å². The molecule has 40 heavy (non-hydrogen) atoms. The minimum atomic E-state index is -0.213. The Kier molecular flexibility index (Phi) is 4.81. The van der Waals surface area contributed by atoms with Crippen molar-refractivity contribution in [3.05, 3.63) is 108 Å². The first kappa shape index (κ1) is 23.4. The van der Waals surface area contributed by atoms with Crippen molar-refractivity contribution in [2.75, 3.05) is 0 Å². The lowest BCUT2D eigenvalue weighted by Gasteiger charge is -2.24. The van der Waals surface area contributed by atoms with Gasteiger partial charge in [0.15, 0.2) is 0 Å². The van der Waals surface area contributed by atoms with Crippen LogP contribution in [0.3, 0.4) is 0 Å². The van der Waals surface area contributed by atoms with Gasteiger partial charge in [0, 0.05) is 42.0 Å². The number of nitrogens with zero attached hydrogens (tertiary/aromatic N) is 3. The molecule has 0 amide bonds. The summed E-state index contributed by atoms with van der Waals surface area (Å²) in [6.07, 6.45) is 1.53. The van der Waals surface area contributed by atoms with E-state index in [9.17, 15) is 0 Å². The molecule has 0 radical (unpaired) electrons. The van der Waals surface area contributed by atoms with E-state index in [0.29, 0.717) is 0 Å². The third-order valence-electron chi connectivity index (χ3n) is 8.66. The van der Waals surface area contributed by atoms with Crippen molar-refractivity contribution in [2.24, 2.45) is 9.98 Å². The molecule has 0 aliphatic heterocycles. The van der Waals surface area contributed by atoms with Crippen LogP contribution >= 0.6 is 11.3 Å². The average molecular weight is 534 g/mol. The van der Waals surface area contributed by atoms with Gasteiger partial charge >= 0.3 is 0 Å². The van der Waals surface area contributed by atoms with Gasteiger partial charge in [-0.25, -0.2) is 4.99 Å². The van der Waals surface area contributed by atoms with Gasteiger partial charge in [-0.1, -0.05) is 62.4 Å². The Labute approximate surface area is 236 Å². The molecular formula is C36H27N3S. The highest BCUT2D eigenvalue weighted by Gasteiger charge is 2.39. The third-order valence-corrected chi connectivity index (χ3v) is 9.81. The predicted octanol–water partition coefficient (Wildman–Crippen LogP) is 10.1. The second-order valence-electron chi connectivity index (χ2n) is 11.3. The third kappa shape index (κ3) is 3.05. The van der Waals surface area contributed by atoms with E-state index in [2.05, 4.69) is 133 Å². The number of hydrogen-bond donors (Lipinski definition) is 0. The zero-order valence-corrected chi connectivity index (χ0v) is 23.5. The number of thiophene rings is 1. The highest BCUT2D eigenvalue weighted by atomic mass is 32.1. The van der Waals surface area contributed by atoms with Crippen molar-refractivity contribution in [3.8, 4) is 16.8 Å². The van der Waals surface area contributed by atoms with Crippen molar-refractivity contribution in [2.45, 2.75) is 26.2 Å². The van der Waals surface area contributed by atoms with Crippen LogP contribution in [0, 0.1) is 6.92 Å². The van der Waals surface area contributed by atoms with Gasteiger partial charge in [0.2, 0.25) is 0 Å². The topological polar surface area (TPSA) is 29.6 Å². The standard InChI is InChI=1S/C36H27N3S/c1-21-17-27-25-14-15-26-23-9-5-7-11-31(23)39(22-13-16-33-28(18-22)24-10-6-8-12-32(24)40-33)35(26)34(25)36(2,3)29(27)19-30(21)38-20-37-4/h5-20H,4H2,1-3H3/b38-20-. The Morgan fingerprint density at radius 3 is 2.40 bits per heavy atom. The molecule has 8 rings (SSSR count). The average Bonchev–Trinajstić information content (AvgIpc) is 3.57. The summed E-state index contributed by atoms with van der Waals surface area (Å²) in [5.74, 6) is 0. The SMILES string of the molecule is C=N/C=N\c1cc2c(cc1C)-c1ccc3c4ccccc4n(-c4ccc5sc6ccccc6c5c4)c3c1C2(C)C. The van der Waals surface area contributed by atoms with Crippen LogP contribution in [0.15, 0.2) is 101 Å². The molecule has 1 aliphatic rings. The lowest BCUT2D eigenvalue weighted by atomic mass is 9.81. The Balaban J connectivity index is 1.48. The minimum absolute atomic E-state index is 0.213. The number of para-hydroxylation sites is 1. The fraction of sp³-hybridized carbons (Fsp3) is 0.111. The van der Waals surface area contributed by atoms with Crippen molar-refractivity contribution in [3.63, 3.8) is 0 Å². The summed E-state index contributed by atoms with van der Waals surface area (Å²) in [4.78, 5) is 8.43. The van der Waals surface area contributed by atoms with Gasteiger partial charge in [-0.2, -0.15) is 0 Å². The summed E-state index contributed by atoms with van der Waals surface area (Å²) in [7, 11) is 0. The second kappa shape index (κ2) is 8.23. The summed E-state index contributed by atoms with van der Waals surface area (Å²) >= 11 is 1.86. The number of aryl methyl sites for hydroxylation is 1. The molecule has 3 nitrogen and oxygen atoms in total. The molecule has 0 saturated carbocycles. The molecule has 0 fully saturated rings. The summed E-state index contributed by atoms with van der Waals surface area (Å²) in [6.45, 7) is 10.4.